The third-order valence-electron chi connectivity index (χ3n) is 6.25. The minimum atomic E-state index is -0.337. The van der Waals surface area contributed by atoms with Crippen molar-refractivity contribution < 1.29 is 13.7 Å². The maximum atomic E-state index is 14.6. The Morgan fingerprint density at radius 3 is 2.70 bits per heavy atom. The molecule has 0 bridgehead atoms. The fraction of sp³-hybridized carbons (Fsp3) is 0.591. The van der Waals surface area contributed by atoms with E-state index in [2.05, 4.69) is 25.5 Å². The van der Waals surface area contributed by atoms with E-state index in [1.807, 2.05) is 19.9 Å². The average molecular weight is 501 g/mol. The highest BCUT2D eigenvalue weighted by atomic mass is 35.5. The van der Waals surface area contributed by atoms with Crippen molar-refractivity contribution in [1.29, 1.82) is 0 Å². The van der Waals surface area contributed by atoms with E-state index >= 15 is 0 Å². The van der Waals surface area contributed by atoms with Crippen LogP contribution in [0.5, 0.6) is 0 Å². The molecule has 1 N–H and O–H groups in total. The van der Waals surface area contributed by atoms with Crippen LogP contribution in [0.15, 0.2) is 22.7 Å². The number of halogens is 3. The molecule has 2 aliphatic rings. The monoisotopic (exact) mass is 500 g/mol. The molecule has 0 amide bonds. The zero-order valence-electron chi connectivity index (χ0n) is 18.9. The van der Waals surface area contributed by atoms with Gasteiger partial charge in [-0.2, -0.15) is 14.8 Å². The molecule has 11 heteroatoms. The van der Waals surface area contributed by atoms with Crippen molar-refractivity contribution in [2.45, 2.75) is 44.6 Å². The second kappa shape index (κ2) is 11.1. The van der Waals surface area contributed by atoms with Gasteiger partial charge in [0.05, 0.1) is 18.4 Å². The highest BCUT2D eigenvalue weighted by Gasteiger charge is 2.28. The Labute approximate surface area is 205 Å². The van der Waals surface area contributed by atoms with E-state index in [0.717, 1.165) is 63.3 Å². The lowest BCUT2D eigenvalue weighted by Crippen LogP contribution is -2.47. The van der Waals surface area contributed by atoms with Gasteiger partial charge >= 0.3 is 0 Å². The van der Waals surface area contributed by atoms with E-state index in [1.54, 1.807) is 6.07 Å². The summed E-state index contributed by atoms with van der Waals surface area (Å²) in [6.45, 7) is 9.62. The van der Waals surface area contributed by atoms with Crippen molar-refractivity contribution >= 4 is 35.7 Å². The number of aromatic nitrogens is 4. The zero-order chi connectivity index (χ0) is 21.4. The Bertz CT molecular complexity index is 1040. The summed E-state index contributed by atoms with van der Waals surface area (Å²) >= 11 is 0. The van der Waals surface area contributed by atoms with Crippen molar-refractivity contribution in [2.75, 3.05) is 39.3 Å². The smallest absolute Gasteiger partial charge is 0.291 e. The van der Waals surface area contributed by atoms with Crippen LogP contribution in [0.25, 0.3) is 16.9 Å². The molecule has 0 saturated carbocycles. The first-order chi connectivity index (χ1) is 15.1. The van der Waals surface area contributed by atoms with Crippen molar-refractivity contribution in [3.8, 4) is 5.95 Å². The fourth-order valence-corrected chi connectivity index (χ4v) is 4.59. The van der Waals surface area contributed by atoms with Gasteiger partial charge in [0, 0.05) is 30.9 Å². The van der Waals surface area contributed by atoms with Gasteiger partial charge in [0.1, 0.15) is 11.3 Å². The number of hydrogen-bond acceptors (Lipinski definition) is 7. The van der Waals surface area contributed by atoms with Crippen molar-refractivity contribution in [1.82, 2.24) is 30.1 Å². The number of morpholine rings is 1. The predicted molar refractivity (Wildman–Crippen MR) is 128 cm³/mol. The second-order valence-corrected chi connectivity index (χ2v) is 8.79. The van der Waals surface area contributed by atoms with Crippen LogP contribution in [-0.2, 0) is 4.74 Å². The average Bonchev–Trinajstić information content (AvgIpc) is 3.41. The third-order valence-corrected chi connectivity index (χ3v) is 6.25. The second-order valence-electron chi connectivity index (χ2n) is 8.79. The quantitative estimate of drug-likeness (QED) is 0.571. The molecule has 0 aliphatic carbocycles. The predicted octanol–water partition coefficient (Wildman–Crippen LogP) is 3.68. The Hall–Kier alpha value is -1.78. The third kappa shape index (κ3) is 5.33. The fourth-order valence-electron chi connectivity index (χ4n) is 4.59. The lowest BCUT2D eigenvalue weighted by Gasteiger charge is -2.34. The van der Waals surface area contributed by atoms with Crippen molar-refractivity contribution in [3.05, 3.63) is 35.6 Å². The summed E-state index contributed by atoms with van der Waals surface area (Å²) in [7, 11) is 0. The molecule has 33 heavy (non-hydrogen) atoms. The van der Waals surface area contributed by atoms with Crippen LogP contribution in [0.1, 0.15) is 50.1 Å². The van der Waals surface area contributed by atoms with Gasteiger partial charge in [-0.05, 0) is 43.1 Å². The summed E-state index contributed by atoms with van der Waals surface area (Å²) < 4.78 is 27.5. The zero-order valence-corrected chi connectivity index (χ0v) is 20.5. The van der Waals surface area contributed by atoms with Crippen LogP contribution in [0.4, 0.5) is 4.39 Å². The number of nitrogens with zero attached hydrogens (tertiary/aromatic N) is 5. The molecule has 2 fully saturated rings. The summed E-state index contributed by atoms with van der Waals surface area (Å²) in [4.78, 5) is 7.05. The van der Waals surface area contributed by atoms with E-state index in [1.165, 1.54) is 10.7 Å². The summed E-state index contributed by atoms with van der Waals surface area (Å²) in [6, 6.07) is 5.03. The first kappa shape index (κ1) is 25.8. The first-order valence-electron chi connectivity index (χ1n) is 11.2. The van der Waals surface area contributed by atoms with Crippen LogP contribution >= 0.6 is 24.8 Å². The largest absolute Gasteiger partial charge is 0.374 e. The van der Waals surface area contributed by atoms with Gasteiger partial charge in [0.15, 0.2) is 0 Å². The summed E-state index contributed by atoms with van der Waals surface area (Å²) in [5.74, 6) is 0.928. The van der Waals surface area contributed by atoms with Crippen LogP contribution in [0, 0.1) is 5.82 Å². The molecule has 5 rings (SSSR count). The maximum Gasteiger partial charge on any atom is 0.291 e. The molecule has 2 aliphatic heterocycles. The van der Waals surface area contributed by atoms with Gasteiger partial charge in [0.25, 0.3) is 5.95 Å². The molecule has 0 spiro atoms. The summed E-state index contributed by atoms with van der Waals surface area (Å²) in [5.41, 5.74) is 1.23. The lowest BCUT2D eigenvalue weighted by molar-refractivity contribution is 0.000743. The van der Waals surface area contributed by atoms with Gasteiger partial charge in [-0.3, -0.25) is 0 Å². The van der Waals surface area contributed by atoms with Crippen LogP contribution < -0.4 is 5.32 Å². The highest BCUT2D eigenvalue weighted by molar-refractivity contribution is 5.85. The van der Waals surface area contributed by atoms with Crippen LogP contribution in [-0.4, -0.2) is 70.3 Å². The van der Waals surface area contributed by atoms with Crippen molar-refractivity contribution in [3.63, 3.8) is 0 Å². The minimum Gasteiger partial charge on any atom is -0.374 e. The van der Waals surface area contributed by atoms with E-state index in [4.69, 9.17) is 9.26 Å². The summed E-state index contributed by atoms with van der Waals surface area (Å²) in [5, 5.41) is 12.9. The van der Waals surface area contributed by atoms with Gasteiger partial charge in [-0.15, -0.1) is 24.8 Å². The number of nitrogens with one attached hydrogen (secondary N) is 1. The van der Waals surface area contributed by atoms with E-state index in [-0.39, 0.29) is 48.6 Å². The molecular formula is C22H31Cl2FN6O2. The molecule has 182 valence electrons. The number of likely N-dealkylation sites (tertiary alicyclic amines) is 1. The van der Waals surface area contributed by atoms with E-state index < -0.39 is 0 Å². The minimum absolute atomic E-state index is 0. The number of piperidine rings is 1. The standard InChI is InChI=1S/C22H29FN6O2.2ClH/c1-14(2)19-17-4-3-5-18(23)20(17)29(26-19)22-25-21(31-27-22)15-6-9-28(10-7-15)13-16-12-24-8-11-30-16;;/h3-5,14-16,24H,6-13H2,1-2H3;2*1H. The van der Waals surface area contributed by atoms with E-state index in [0.29, 0.717) is 17.4 Å². The summed E-state index contributed by atoms with van der Waals surface area (Å²) in [6.07, 6.45) is 2.17. The van der Waals surface area contributed by atoms with Crippen LogP contribution in [0.3, 0.4) is 0 Å². The molecule has 3 aromatic rings. The van der Waals surface area contributed by atoms with Crippen molar-refractivity contribution in [2.24, 2.45) is 0 Å². The number of rotatable bonds is 5. The molecule has 8 nitrogen and oxygen atoms in total. The number of ether oxygens (including phenoxy) is 1. The molecule has 1 unspecified atom stereocenters. The molecule has 1 atom stereocenters. The Kier molecular flexibility index (Phi) is 8.69. The van der Waals surface area contributed by atoms with Gasteiger partial charge in [0.2, 0.25) is 5.89 Å². The molecule has 0 radical (unpaired) electrons. The normalized spacial score (nSPS) is 20.1. The number of hydrogen-bond donors (Lipinski definition) is 1. The SMILES string of the molecule is CC(C)c1nn(-c2noc(C3CCN(CC4CNCCO4)CC3)n2)c2c(F)cccc12.Cl.Cl. The first-order valence-corrected chi connectivity index (χ1v) is 11.2. The molecular weight excluding hydrogens is 470 g/mol. The molecule has 2 aromatic heterocycles. The topological polar surface area (TPSA) is 81.2 Å². The molecule has 2 saturated heterocycles. The number of benzene rings is 1. The van der Waals surface area contributed by atoms with Crippen LogP contribution in [0.2, 0.25) is 0 Å². The number of para-hydroxylation sites is 1. The molecule has 4 heterocycles. The highest BCUT2D eigenvalue weighted by Crippen LogP contribution is 2.30. The lowest BCUT2D eigenvalue weighted by atomic mass is 9.96. The Morgan fingerprint density at radius 2 is 2.00 bits per heavy atom. The maximum absolute atomic E-state index is 14.6. The van der Waals surface area contributed by atoms with Gasteiger partial charge in [-0.25, -0.2) is 4.39 Å². The molecule has 1 aromatic carbocycles. The van der Waals surface area contributed by atoms with Gasteiger partial charge < -0.3 is 19.5 Å². The Balaban J connectivity index is 0.00000153. The van der Waals surface area contributed by atoms with E-state index in [9.17, 15) is 4.39 Å². The number of fused-ring (bicyclic) bond motifs is 1. The Morgan fingerprint density at radius 1 is 1.21 bits per heavy atom. The van der Waals surface area contributed by atoms with Gasteiger partial charge in [-0.1, -0.05) is 26.0 Å².